The molecule has 0 saturated carbocycles. The Morgan fingerprint density at radius 1 is 1.15 bits per heavy atom. The van der Waals surface area contributed by atoms with Crippen molar-refractivity contribution < 1.29 is 13.2 Å². The molecule has 5 nitrogen and oxygen atoms in total. The van der Waals surface area contributed by atoms with Crippen molar-refractivity contribution in [2.45, 2.75) is 37.8 Å². The predicted molar refractivity (Wildman–Crippen MR) is 107 cm³/mol. The van der Waals surface area contributed by atoms with Crippen LogP contribution in [0.3, 0.4) is 0 Å². The number of rotatable bonds is 5. The second-order valence-corrected chi connectivity index (χ2v) is 9.72. The molecule has 0 spiro atoms. The average Bonchev–Trinajstić information content (AvgIpc) is 2.51. The van der Waals surface area contributed by atoms with Crippen molar-refractivity contribution in [1.29, 1.82) is 0 Å². The van der Waals surface area contributed by atoms with Gasteiger partial charge in [0.25, 0.3) is 5.91 Å². The zero-order valence-corrected chi connectivity index (χ0v) is 17.8. The van der Waals surface area contributed by atoms with Gasteiger partial charge >= 0.3 is 0 Å². The van der Waals surface area contributed by atoms with Crippen molar-refractivity contribution in [3.63, 3.8) is 0 Å². The van der Waals surface area contributed by atoms with Crippen LogP contribution in [0.1, 0.15) is 36.7 Å². The molecule has 0 aliphatic carbocycles. The highest BCUT2D eigenvalue weighted by atomic mass is 79.9. The molecule has 0 saturated heterocycles. The predicted octanol–water partition coefficient (Wildman–Crippen LogP) is 4.11. The number of hydrogen-bond donors (Lipinski definition) is 2. The average molecular weight is 460 g/mol. The highest BCUT2D eigenvalue weighted by Crippen LogP contribution is 2.22. The quantitative estimate of drug-likeness (QED) is 0.706. The van der Waals surface area contributed by atoms with Crippen molar-refractivity contribution in [3.8, 4) is 0 Å². The maximum absolute atomic E-state index is 12.5. The van der Waals surface area contributed by atoms with Gasteiger partial charge in [-0.2, -0.15) is 0 Å². The first-order valence-corrected chi connectivity index (χ1v) is 10.5. The van der Waals surface area contributed by atoms with Crippen molar-refractivity contribution in [2.24, 2.45) is 0 Å². The Morgan fingerprint density at radius 3 is 2.42 bits per heavy atom. The summed E-state index contributed by atoms with van der Waals surface area (Å²) in [5.41, 5.74) is 0.379. The lowest BCUT2D eigenvalue weighted by atomic mass is 10.1. The van der Waals surface area contributed by atoms with Gasteiger partial charge < -0.3 is 5.32 Å². The summed E-state index contributed by atoms with van der Waals surface area (Å²) in [4.78, 5) is 12.5. The summed E-state index contributed by atoms with van der Waals surface area (Å²) in [6.45, 7) is 5.49. The van der Waals surface area contributed by atoms with E-state index in [0.29, 0.717) is 9.50 Å². The Hall–Kier alpha value is -1.41. The van der Waals surface area contributed by atoms with E-state index >= 15 is 0 Å². The summed E-state index contributed by atoms with van der Waals surface area (Å²) in [6.07, 6.45) is 0. The van der Waals surface area contributed by atoms with E-state index in [1.54, 1.807) is 39.0 Å². The summed E-state index contributed by atoms with van der Waals surface area (Å²) >= 11 is 9.38. The molecule has 0 bridgehead atoms. The second-order valence-electron chi connectivity index (χ2n) is 6.77. The zero-order valence-electron chi connectivity index (χ0n) is 14.6. The molecule has 0 aliphatic rings. The van der Waals surface area contributed by atoms with Gasteiger partial charge in [-0.15, -0.1) is 0 Å². The summed E-state index contributed by atoms with van der Waals surface area (Å²) < 4.78 is 28.0. The van der Waals surface area contributed by atoms with E-state index < -0.39 is 21.5 Å². The molecular weight excluding hydrogens is 440 g/mol. The molecule has 2 aromatic carbocycles. The fourth-order valence-corrected chi connectivity index (χ4v) is 4.29. The molecule has 2 aromatic rings. The van der Waals surface area contributed by atoms with Gasteiger partial charge in [0.2, 0.25) is 10.0 Å². The minimum absolute atomic E-state index is 0.0264. The third-order valence-corrected chi connectivity index (χ3v) is 6.15. The van der Waals surface area contributed by atoms with Crippen LogP contribution >= 0.6 is 27.5 Å². The first-order valence-electron chi connectivity index (χ1n) is 7.85. The van der Waals surface area contributed by atoms with Crippen molar-refractivity contribution >= 4 is 43.5 Å². The monoisotopic (exact) mass is 458 g/mol. The standard InChI is InChI=1S/C18H20BrClN2O3S/c1-18(2,3)22-26(24,25)13-8-9-15(19)14(10-13)17(23)21-11-12-6-4-5-7-16(12)20/h4-10,22H,11H2,1-3H3,(H,21,23). The Morgan fingerprint density at radius 2 is 1.81 bits per heavy atom. The molecule has 26 heavy (non-hydrogen) atoms. The van der Waals surface area contributed by atoms with Crippen LogP contribution < -0.4 is 10.0 Å². The van der Waals surface area contributed by atoms with Crippen LogP contribution in [0, 0.1) is 0 Å². The Kier molecular flexibility index (Phi) is 6.50. The van der Waals surface area contributed by atoms with E-state index in [9.17, 15) is 13.2 Å². The fourth-order valence-electron chi connectivity index (χ4n) is 2.22. The molecular formula is C18H20BrClN2O3S. The number of carbonyl (C=O) groups excluding carboxylic acids is 1. The molecule has 0 aromatic heterocycles. The van der Waals surface area contributed by atoms with Gasteiger partial charge in [-0.25, -0.2) is 13.1 Å². The van der Waals surface area contributed by atoms with Crippen LogP contribution in [0.5, 0.6) is 0 Å². The molecule has 0 radical (unpaired) electrons. The zero-order chi connectivity index (χ0) is 19.5. The Labute approximate surface area is 167 Å². The van der Waals surface area contributed by atoms with E-state index in [4.69, 9.17) is 11.6 Å². The van der Waals surface area contributed by atoms with E-state index in [2.05, 4.69) is 26.0 Å². The number of benzene rings is 2. The summed E-state index contributed by atoms with van der Waals surface area (Å²) in [5.74, 6) is -0.399. The highest BCUT2D eigenvalue weighted by Gasteiger charge is 2.23. The second kappa shape index (κ2) is 8.08. The van der Waals surface area contributed by atoms with E-state index in [1.165, 1.54) is 12.1 Å². The topological polar surface area (TPSA) is 75.3 Å². The van der Waals surface area contributed by atoms with Gasteiger partial charge in [0.1, 0.15) is 0 Å². The van der Waals surface area contributed by atoms with E-state index in [0.717, 1.165) is 5.56 Å². The molecule has 2 rings (SSSR count). The van der Waals surface area contributed by atoms with Gasteiger partial charge in [-0.3, -0.25) is 4.79 Å². The minimum Gasteiger partial charge on any atom is -0.348 e. The van der Waals surface area contributed by atoms with Gasteiger partial charge in [-0.1, -0.05) is 29.8 Å². The largest absolute Gasteiger partial charge is 0.348 e. The molecule has 1 amide bonds. The smallest absolute Gasteiger partial charge is 0.252 e. The highest BCUT2D eigenvalue weighted by molar-refractivity contribution is 9.10. The van der Waals surface area contributed by atoms with E-state index in [-0.39, 0.29) is 17.0 Å². The summed E-state index contributed by atoms with van der Waals surface area (Å²) in [7, 11) is -3.74. The van der Waals surface area contributed by atoms with E-state index in [1.807, 2.05) is 12.1 Å². The first kappa shape index (κ1) is 20.9. The Balaban J connectivity index is 2.24. The van der Waals surface area contributed by atoms with Crippen LogP contribution in [-0.4, -0.2) is 19.9 Å². The first-order chi connectivity index (χ1) is 12.0. The van der Waals surface area contributed by atoms with Gasteiger partial charge in [0.05, 0.1) is 10.5 Å². The molecule has 0 fully saturated rings. The minimum atomic E-state index is -3.74. The summed E-state index contributed by atoms with van der Waals surface area (Å²) in [5, 5.41) is 3.31. The van der Waals surface area contributed by atoms with Crippen LogP contribution in [0.15, 0.2) is 51.8 Å². The lowest BCUT2D eigenvalue weighted by Gasteiger charge is -2.20. The van der Waals surface area contributed by atoms with Crippen molar-refractivity contribution in [1.82, 2.24) is 10.0 Å². The van der Waals surface area contributed by atoms with Crippen LogP contribution in [0.2, 0.25) is 5.02 Å². The summed E-state index contributed by atoms with van der Waals surface area (Å²) in [6, 6.07) is 11.5. The lowest BCUT2D eigenvalue weighted by molar-refractivity contribution is 0.0950. The molecule has 140 valence electrons. The SMILES string of the molecule is CC(C)(C)NS(=O)(=O)c1ccc(Br)c(C(=O)NCc2ccccc2Cl)c1. The maximum Gasteiger partial charge on any atom is 0.252 e. The fraction of sp³-hybridized carbons (Fsp3) is 0.278. The number of halogens is 2. The van der Waals surface area contributed by atoms with Crippen LogP contribution in [0.25, 0.3) is 0 Å². The molecule has 0 atom stereocenters. The lowest BCUT2D eigenvalue weighted by Crippen LogP contribution is -2.40. The molecule has 8 heteroatoms. The number of amides is 1. The van der Waals surface area contributed by atoms with Crippen LogP contribution in [-0.2, 0) is 16.6 Å². The molecule has 0 unspecified atom stereocenters. The Bertz CT molecular complexity index is 924. The maximum atomic E-state index is 12.5. The molecule has 0 aliphatic heterocycles. The molecule has 2 N–H and O–H groups in total. The number of hydrogen-bond acceptors (Lipinski definition) is 3. The van der Waals surface area contributed by atoms with Gasteiger partial charge in [-0.05, 0) is 66.5 Å². The number of nitrogens with one attached hydrogen (secondary N) is 2. The van der Waals surface area contributed by atoms with Gasteiger partial charge in [0, 0.05) is 21.6 Å². The third-order valence-electron chi connectivity index (χ3n) is 3.33. The van der Waals surface area contributed by atoms with Crippen molar-refractivity contribution in [3.05, 3.63) is 63.1 Å². The number of sulfonamides is 1. The van der Waals surface area contributed by atoms with Crippen molar-refractivity contribution in [2.75, 3.05) is 0 Å². The van der Waals surface area contributed by atoms with Gasteiger partial charge in [0.15, 0.2) is 0 Å². The van der Waals surface area contributed by atoms with Crippen LogP contribution in [0.4, 0.5) is 0 Å². The normalized spacial score (nSPS) is 12.0. The molecule has 0 heterocycles. The number of carbonyl (C=O) groups is 1. The third kappa shape index (κ3) is 5.54.